The quantitative estimate of drug-likeness (QED) is 0.886. The van der Waals surface area contributed by atoms with Crippen LogP contribution in [0.5, 0.6) is 0 Å². The summed E-state index contributed by atoms with van der Waals surface area (Å²) < 4.78 is 7.40. The summed E-state index contributed by atoms with van der Waals surface area (Å²) in [5, 5.41) is 8.69. The fraction of sp³-hybridized carbons (Fsp3) is 0.533. The van der Waals surface area contributed by atoms with Crippen LogP contribution in [0.3, 0.4) is 0 Å². The standard InChI is InChI=1S/C15H22ClN3O/c1-5-12-15(16)14(19(6-2)18-12)8-13(17-4)11-7-10(3)20-9-11/h7,9,13,17H,5-6,8H2,1-4H3. The predicted molar refractivity (Wildman–Crippen MR) is 81.2 cm³/mol. The third-order valence-electron chi connectivity index (χ3n) is 3.59. The zero-order chi connectivity index (χ0) is 14.7. The van der Waals surface area contributed by atoms with E-state index in [1.54, 1.807) is 6.26 Å². The van der Waals surface area contributed by atoms with Gasteiger partial charge in [-0.1, -0.05) is 18.5 Å². The number of nitrogens with one attached hydrogen (secondary N) is 1. The first-order valence-corrected chi connectivity index (χ1v) is 7.44. The van der Waals surface area contributed by atoms with Crippen LogP contribution >= 0.6 is 11.6 Å². The fourth-order valence-corrected chi connectivity index (χ4v) is 2.78. The lowest BCUT2D eigenvalue weighted by atomic mass is 10.0. The van der Waals surface area contributed by atoms with Gasteiger partial charge in [0, 0.05) is 24.6 Å². The minimum atomic E-state index is 0.177. The van der Waals surface area contributed by atoms with Crippen molar-refractivity contribution >= 4 is 11.6 Å². The second kappa shape index (κ2) is 6.46. The molecule has 0 aromatic carbocycles. The van der Waals surface area contributed by atoms with Crippen molar-refractivity contribution in [2.75, 3.05) is 7.05 Å². The molecule has 2 rings (SSSR count). The van der Waals surface area contributed by atoms with Crippen molar-refractivity contribution in [2.24, 2.45) is 0 Å². The SMILES string of the molecule is CCc1nn(CC)c(CC(NC)c2coc(C)c2)c1Cl. The fourth-order valence-electron chi connectivity index (χ4n) is 2.44. The molecule has 0 aliphatic rings. The van der Waals surface area contributed by atoms with E-state index in [9.17, 15) is 0 Å². The molecule has 5 heteroatoms. The Bertz CT molecular complexity index is 574. The van der Waals surface area contributed by atoms with Crippen LogP contribution in [0.1, 0.15) is 42.6 Å². The highest BCUT2D eigenvalue weighted by Crippen LogP contribution is 2.27. The Morgan fingerprint density at radius 1 is 1.45 bits per heavy atom. The molecular weight excluding hydrogens is 274 g/mol. The Labute approximate surface area is 125 Å². The number of aromatic nitrogens is 2. The Kier molecular flexibility index (Phi) is 4.89. The van der Waals surface area contributed by atoms with Gasteiger partial charge in [-0.15, -0.1) is 0 Å². The molecule has 2 aromatic rings. The molecule has 1 atom stereocenters. The number of furan rings is 1. The number of hydrogen-bond donors (Lipinski definition) is 1. The van der Waals surface area contributed by atoms with E-state index >= 15 is 0 Å². The number of halogens is 1. The van der Waals surface area contributed by atoms with Crippen molar-refractivity contribution in [1.29, 1.82) is 0 Å². The molecule has 0 aliphatic carbocycles. The Hall–Kier alpha value is -1.26. The normalized spacial score (nSPS) is 12.8. The molecule has 1 unspecified atom stereocenters. The molecule has 0 amide bonds. The van der Waals surface area contributed by atoms with Gasteiger partial charge >= 0.3 is 0 Å². The lowest BCUT2D eigenvalue weighted by Gasteiger charge is -2.15. The summed E-state index contributed by atoms with van der Waals surface area (Å²) >= 11 is 6.47. The van der Waals surface area contributed by atoms with E-state index in [4.69, 9.17) is 16.0 Å². The largest absolute Gasteiger partial charge is 0.469 e. The smallest absolute Gasteiger partial charge is 0.101 e. The summed E-state index contributed by atoms with van der Waals surface area (Å²) in [4.78, 5) is 0. The monoisotopic (exact) mass is 295 g/mol. The van der Waals surface area contributed by atoms with E-state index in [0.29, 0.717) is 0 Å². The molecule has 1 N–H and O–H groups in total. The maximum absolute atomic E-state index is 6.47. The van der Waals surface area contributed by atoms with Crippen LogP contribution in [0, 0.1) is 6.92 Å². The van der Waals surface area contributed by atoms with Crippen LogP contribution < -0.4 is 5.32 Å². The number of likely N-dealkylation sites (N-methyl/N-ethyl adjacent to an activating group) is 1. The molecule has 0 saturated heterocycles. The van der Waals surface area contributed by atoms with Gasteiger partial charge in [-0.3, -0.25) is 4.68 Å². The van der Waals surface area contributed by atoms with Crippen LogP contribution in [-0.4, -0.2) is 16.8 Å². The Balaban J connectivity index is 2.29. The minimum absolute atomic E-state index is 0.177. The van der Waals surface area contributed by atoms with E-state index in [2.05, 4.69) is 30.3 Å². The third kappa shape index (κ3) is 2.91. The van der Waals surface area contributed by atoms with Crippen LogP contribution in [0.4, 0.5) is 0 Å². The first-order valence-electron chi connectivity index (χ1n) is 7.07. The number of rotatable bonds is 6. The third-order valence-corrected chi connectivity index (χ3v) is 4.03. The Morgan fingerprint density at radius 3 is 2.70 bits per heavy atom. The minimum Gasteiger partial charge on any atom is -0.469 e. The van der Waals surface area contributed by atoms with Crippen LogP contribution in [0.25, 0.3) is 0 Å². The zero-order valence-electron chi connectivity index (χ0n) is 12.5. The molecule has 0 saturated carbocycles. The molecule has 0 spiro atoms. The maximum atomic E-state index is 6.47. The molecular formula is C15H22ClN3O. The van der Waals surface area contributed by atoms with Gasteiger partial charge in [0.15, 0.2) is 0 Å². The summed E-state index contributed by atoms with van der Waals surface area (Å²) in [6.45, 7) is 6.94. The summed E-state index contributed by atoms with van der Waals surface area (Å²) in [7, 11) is 1.95. The second-order valence-corrected chi connectivity index (χ2v) is 5.29. The molecule has 0 bridgehead atoms. The number of aryl methyl sites for hydroxylation is 3. The van der Waals surface area contributed by atoms with Gasteiger partial charge in [-0.05, 0) is 33.4 Å². The Morgan fingerprint density at radius 2 is 2.20 bits per heavy atom. The lowest BCUT2D eigenvalue weighted by Crippen LogP contribution is -2.20. The van der Waals surface area contributed by atoms with Crippen molar-refractivity contribution < 1.29 is 4.42 Å². The number of hydrogen-bond acceptors (Lipinski definition) is 3. The highest BCUT2D eigenvalue weighted by atomic mass is 35.5. The van der Waals surface area contributed by atoms with E-state index < -0.39 is 0 Å². The molecule has 20 heavy (non-hydrogen) atoms. The van der Waals surface area contributed by atoms with E-state index in [1.807, 2.05) is 18.7 Å². The summed E-state index contributed by atoms with van der Waals surface area (Å²) in [5.74, 6) is 0.921. The van der Waals surface area contributed by atoms with Gasteiger partial charge in [-0.25, -0.2) is 0 Å². The van der Waals surface area contributed by atoms with E-state index in [-0.39, 0.29) is 6.04 Å². The first-order chi connectivity index (χ1) is 9.60. The zero-order valence-corrected chi connectivity index (χ0v) is 13.3. The molecule has 110 valence electrons. The molecule has 0 radical (unpaired) electrons. The molecule has 4 nitrogen and oxygen atoms in total. The van der Waals surface area contributed by atoms with Crippen molar-refractivity contribution in [3.63, 3.8) is 0 Å². The topological polar surface area (TPSA) is 43.0 Å². The van der Waals surface area contributed by atoms with E-state index in [0.717, 1.165) is 47.1 Å². The lowest BCUT2D eigenvalue weighted by molar-refractivity contribution is 0.511. The van der Waals surface area contributed by atoms with E-state index in [1.165, 1.54) is 0 Å². The molecule has 0 aliphatic heterocycles. The van der Waals surface area contributed by atoms with Crippen molar-refractivity contribution in [1.82, 2.24) is 15.1 Å². The average molecular weight is 296 g/mol. The summed E-state index contributed by atoms with van der Waals surface area (Å²) in [6.07, 6.45) is 3.46. The van der Waals surface area contributed by atoms with Gasteiger partial charge in [0.2, 0.25) is 0 Å². The van der Waals surface area contributed by atoms with Crippen molar-refractivity contribution in [3.8, 4) is 0 Å². The van der Waals surface area contributed by atoms with Crippen molar-refractivity contribution in [3.05, 3.63) is 40.1 Å². The summed E-state index contributed by atoms with van der Waals surface area (Å²) in [6, 6.07) is 2.24. The summed E-state index contributed by atoms with van der Waals surface area (Å²) in [5.41, 5.74) is 3.20. The first kappa shape index (κ1) is 15.1. The van der Waals surface area contributed by atoms with Gasteiger partial charge < -0.3 is 9.73 Å². The van der Waals surface area contributed by atoms with Gasteiger partial charge in [0.1, 0.15) is 5.76 Å². The molecule has 2 aromatic heterocycles. The molecule has 0 fully saturated rings. The van der Waals surface area contributed by atoms with Crippen LogP contribution in [0.2, 0.25) is 5.02 Å². The van der Waals surface area contributed by atoms with Gasteiger partial charge in [-0.2, -0.15) is 5.10 Å². The van der Waals surface area contributed by atoms with Gasteiger partial charge in [0.25, 0.3) is 0 Å². The van der Waals surface area contributed by atoms with Crippen molar-refractivity contribution in [2.45, 2.75) is 46.2 Å². The molecule has 2 heterocycles. The average Bonchev–Trinajstić information content (AvgIpc) is 3.00. The predicted octanol–water partition coefficient (Wildman–Crippen LogP) is 3.52. The van der Waals surface area contributed by atoms with Crippen LogP contribution in [-0.2, 0) is 19.4 Å². The highest BCUT2D eigenvalue weighted by molar-refractivity contribution is 6.31. The second-order valence-electron chi connectivity index (χ2n) is 4.91. The van der Waals surface area contributed by atoms with Gasteiger partial charge in [0.05, 0.1) is 22.7 Å². The van der Waals surface area contributed by atoms with Crippen LogP contribution in [0.15, 0.2) is 16.7 Å². The number of nitrogens with zero attached hydrogens (tertiary/aromatic N) is 2. The maximum Gasteiger partial charge on any atom is 0.101 e. The highest BCUT2D eigenvalue weighted by Gasteiger charge is 2.20.